The van der Waals surface area contributed by atoms with Crippen molar-refractivity contribution < 1.29 is 4.84 Å². The van der Waals surface area contributed by atoms with Gasteiger partial charge in [0, 0.05) is 6.21 Å². The summed E-state index contributed by atoms with van der Waals surface area (Å²) in [6.45, 7) is 3.60. The normalized spacial score (nSPS) is 9.89. The summed E-state index contributed by atoms with van der Waals surface area (Å²) < 4.78 is 0. The fourth-order valence-electron chi connectivity index (χ4n) is 0.481. The van der Waals surface area contributed by atoms with E-state index in [0.717, 1.165) is 19.3 Å². The van der Waals surface area contributed by atoms with Gasteiger partial charge in [-0.15, -0.1) is 6.58 Å². The Balaban J connectivity index is 2.90. The van der Waals surface area contributed by atoms with Crippen molar-refractivity contribution in [3.8, 4) is 0 Å². The lowest BCUT2D eigenvalue weighted by molar-refractivity contribution is 0.214. The van der Waals surface area contributed by atoms with Gasteiger partial charge >= 0.3 is 0 Å². The Morgan fingerprint density at radius 3 is 2.89 bits per heavy atom. The summed E-state index contributed by atoms with van der Waals surface area (Å²) in [6.07, 6.45) is 6.80. The molecule has 0 atom stereocenters. The largest absolute Gasteiger partial charge is 0.399 e. The van der Waals surface area contributed by atoms with Crippen LogP contribution in [-0.2, 0) is 4.84 Å². The number of oxime groups is 1. The van der Waals surface area contributed by atoms with Crippen LogP contribution in [0.4, 0.5) is 0 Å². The summed E-state index contributed by atoms with van der Waals surface area (Å²) in [6, 6.07) is 0. The molecule has 0 heterocycles. The Kier molecular flexibility index (Phi) is 6.58. The van der Waals surface area contributed by atoms with E-state index in [-0.39, 0.29) is 0 Å². The van der Waals surface area contributed by atoms with E-state index in [2.05, 4.69) is 16.6 Å². The lowest BCUT2D eigenvalue weighted by Crippen LogP contribution is -1.76. The van der Waals surface area contributed by atoms with E-state index in [1.807, 2.05) is 6.08 Å². The van der Waals surface area contributed by atoms with E-state index in [0.29, 0.717) is 0 Å². The van der Waals surface area contributed by atoms with E-state index in [9.17, 15) is 0 Å². The van der Waals surface area contributed by atoms with Crippen LogP contribution in [0.1, 0.15) is 19.3 Å². The summed E-state index contributed by atoms with van der Waals surface area (Å²) in [7, 11) is 1.55. The molecule has 0 rings (SSSR count). The molecule has 0 aliphatic heterocycles. The molecule has 9 heavy (non-hydrogen) atoms. The standard InChI is InChI=1S/C7H13NO/c1-3-4-5-6-7-8-9-2/h3,7H,1,4-6H2,2H3/b8-7+. The average molecular weight is 127 g/mol. The smallest absolute Gasteiger partial charge is 0.106 e. The van der Waals surface area contributed by atoms with Crippen LogP contribution in [0.5, 0.6) is 0 Å². The summed E-state index contributed by atoms with van der Waals surface area (Å²) in [4.78, 5) is 4.47. The molecule has 0 saturated carbocycles. The molecule has 0 aromatic heterocycles. The van der Waals surface area contributed by atoms with Gasteiger partial charge in [-0.3, -0.25) is 0 Å². The molecule has 0 fully saturated rings. The number of unbranched alkanes of at least 4 members (excludes halogenated alkanes) is 2. The van der Waals surface area contributed by atoms with Crippen molar-refractivity contribution in [1.82, 2.24) is 0 Å². The lowest BCUT2D eigenvalue weighted by Gasteiger charge is -1.87. The molecule has 0 unspecified atom stereocenters. The zero-order valence-electron chi connectivity index (χ0n) is 5.84. The monoisotopic (exact) mass is 127 g/mol. The SMILES string of the molecule is C=CCCC/C=N/OC. The third kappa shape index (κ3) is 7.21. The molecule has 2 nitrogen and oxygen atoms in total. The second kappa shape index (κ2) is 7.21. The van der Waals surface area contributed by atoms with Crippen LogP contribution in [0.2, 0.25) is 0 Å². The highest BCUT2D eigenvalue weighted by Crippen LogP contribution is 1.91. The van der Waals surface area contributed by atoms with Gasteiger partial charge in [0.25, 0.3) is 0 Å². The molecule has 2 heteroatoms. The average Bonchev–Trinajstić information content (AvgIpc) is 1.89. The van der Waals surface area contributed by atoms with Crippen molar-refractivity contribution in [3.63, 3.8) is 0 Å². The van der Waals surface area contributed by atoms with Crippen LogP contribution in [0, 0.1) is 0 Å². The van der Waals surface area contributed by atoms with Crippen molar-refractivity contribution in [1.29, 1.82) is 0 Å². The van der Waals surface area contributed by atoms with E-state index >= 15 is 0 Å². The molecule has 0 N–H and O–H groups in total. The molecule has 0 bridgehead atoms. The van der Waals surface area contributed by atoms with Gasteiger partial charge in [-0.2, -0.15) is 0 Å². The van der Waals surface area contributed by atoms with Crippen molar-refractivity contribution in [3.05, 3.63) is 12.7 Å². The molecule has 52 valence electrons. The quantitative estimate of drug-likeness (QED) is 0.239. The van der Waals surface area contributed by atoms with Crippen LogP contribution < -0.4 is 0 Å². The number of rotatable bonds is 5. The number of hydrogen-bond donors (Lipinski definition) is 0. The first kappa shape index (κ1) is 8.21. The summed E-state index contributed by atoms with van der Waals surface area (Å²) >= 11 is 0. The maximum Gasteiger partial charge on any atom is 0.106 e. The summed E-state index contributed by atoms with van der Waals surface area (Å²) in [5.74, 6) is 0. The fraction of sp³-hybridized carbons (Fsp3) is 0.571. The molecular formula is C7H13NO. The molecule has 0 aliphatic carbocycles. The van der Waals surface area contributed by atoms with Crippen LogP contribution >= 0.6 is 0 Å². The van der Waals surface area contributed by atoms with Crippen molar-refractivity contribution in [2.75, 3.05) is 7.11 Å². The van der Waals surface area contributed by atoms with E-state index < -0.39 is 0 Å². The van der Waals surface area contributed by atoms with Gasteiger partial charge in [0.2, 0.25) is 0 Å². The fourth-order valence-corrected chi connectivity index (χ4v) is 0.481. The van der Waals surface area contributed by atoms with Gasteiger partial charge in [0.1, 0.15) is 7.11 Å². The first-order valence-corrected chi connectivity index (χ1v) is 3.07. The number of hydrogen-bond acceptors (Lipinski definition) is 2. The Morgan fingerprint density at radius 1 is 1.56 bits per heavy atom. The van der Waals surface area contributed by atoms with Gasteiger partial charge in [-0.1, -0.05) is 11.2 Å². The lowest BCUT2D eigenvalue weighted by atomic mass is 10.2. The maximum absolute atomic E-state index is 4.47. The van der Waals surface area contributed by atoms with Gasteiger partial charge in [0.15, 0.2) is 0 Å². The second-order valence-electron chi connectivity index (χ2n) is 1.69. The van der Waals surface area contributed by atoms with Crippen LogP contribution in [-0.4, -0.2) is 13.3 Å². The minimum atomic E-state index is 0.972. The molecule has 0 aromatic carbocycles. The highest BCUT2D eigenvalue weighted by atomic mass is 16.6. The predicted octanol–water partition coefficient (Wildman–Crippen LogP) is 1.97. The first-order valence-electron chi connectivity index (χ1n) is 3.07. The van der Waals surface area contributed by atoms with E-state index in [1.54, 1.807) is 13.3 Å². The molecule has 0 spiro atoms. The molecule has 0 saturated heterocycles. The molecule has 0 amide bonds. The molecule has 0 aromatic rings. The van der Waals surface area contributed by atoms with Crippen LogP contribution in [0.25, 0.3) is 0 Å². The first-order chi connectivity index (χ1) is 4.41. The van der Waals surface area contributed by atoms with E-state index in [4.69, 9.17) is 0 Å². The van der Waals surface area contributed by atoms with Crippen LogP contribution in [0.3, 0.4) is 0 Å². The Labute approximate surface area is 56.2 Å². The van der Waals surface area contributed by atoms with Crippen LogP contribution in [0.15, 0.2) is 17.8 Å². The van der Waals surface area contributed by atoms with Gasteiger partial charge < -0.3 is 4.84 Å². The third-order valence-corrected chi connectivity index (χ3v) is 0.921. The second-order valence-corrected chi connectivity index (χ2v) is 1.69. The number of allylic oxidation sites excluding steroid dienone is 1. The van der Waals surface area contributed by atoms with Crippen molar-refractivity contribution in [2.45, 2.75) is 19.3 Å². The molecule has 0 radical (unpaired) electrons. The Bertz CT molecular complexity index is 88.9. The minimum Gasteiger partial charge on any atom is -0.399 e. The Hall–Kier alpha value is -0.790. The van der Waals surface area contributed by atoms with E-state index in [1.165, 1.54) is 0 Å². The van der Waals surface area contributed by atoms with Crippen molar-refractivity contribution >= 4 is 6.21 Å². The Morgan fingerprint density at radius 2 is 2.33 bits per heavy atom. The topological polar surface area (TPSA) is 21.6 Å². The summed E-state index contributed by atoms with van der Waals surface area (Å²) in [5.41, 5.74) is 0. The summed E-state index contributed by atoms with van der Waals surface area (Å²) in [5, 5.41) is 3.58. The zero-order valence-corrected chi connectivity index (χ0v) is 5.84. The molecular weight excluding hydrogens is 114 g/mol. The van der Waals surface area contributed by atoms with Gasteiger partial charge in [-0.05, 0) is 19.3 Å². The molecule has 0 aliphatic rings. The van der Waals surface area contributed by atoms with Gasteiger partial charge in [-0.25, -0.2) is 0 Å². The number of nitrogens with zero attached hydrogens (tertiary/aromatic N) is 1. The highest BCUT2D eigenvalue weighted by Gasteiger charge is 1.78. The third-order valence-electron chi connectivity index (χ3n) is 0.921. The zero-order chi connectivity index (χ0) is 6.95. The maximum atomic E-state index is 4.47. The minimum absolute atomic E-state index is 0.972. The highest BCUT2D eigenvalue weighted by molar-refractivity contribution is 5.56. The predicted molar refractivity (Wildman–Crippen MR) is 39.5 cm³/mol. The van der Waals surface area contributed by atoms with Crippen molar-refractivity contribution in [2.24, 2.45) is 5.16 Å². The van der Waals surface area contributed by atoms with Gasteiger partial charge in [0.05, 0.1) is 0 Å².